The zero-order valence-electron chi connectivity index (χ0n) is 13.6. The number of nitrogens with zero attached hydrogens (tertiary/aromatic N) is 1. The van der Waals surface area contributed by atoms with Crippen LogP contribution < -0.4 is 5.56 Å². The number of likely N-dealkylation sites (tertiary alicyclic amines) is 1. The van der Waals surface area contributed by atoms with Crippen molar-refractivity contribution in [3.63, 3.8) is 0 Å². The smallest absolute Gasteiger partial charge is 0.259 e. The highest BCUT2D eigenvalue weighted by Crippen LogP contribution is 2.18. The number of rotatable bonds is 4. The lowest BCUT2D eigenvalue weighted by Crippen LogP contribution is -2.43. The van der Waals surface area contributed by atoms with Gasteiger partial charge in [0.25, 0.3) is 11.5 Å². The molecule has 2 N–H and O–H groups in total. The molecule has 0 spiro atoms. The summed E-state index contributed by atoms with van der Waals surface area (Å²) in [6.07, 6.45) is 3.01. The topological polar surface area (TPSA) is 78.2 Å². The molecule has 2 aromatic rings. The summed E-state index contributed by atoms with van der Waals surface area (Å²) in [6.45, 7) is 4.14. The van der Waals surface area contributed by atoms with Crippen molar-refractivity contribution in [2.45, 2.75) is 32.3 Å². The molecule has 1 aliphatic heterocycles. The van der Waals surface area contributed by atoms with Gasteiger partial charge in [0.15, 0.2) is 4.77 Å². The van der Waals surface area contributed by atoms with Gasteiger partial charge in [0.2, 0.25) is 0 Å². The van der Waals surface area contributed by atoms with Gasteiger partial charge in [-0.1, -0.05) is 6.92 Å². The van der Waals surface area contributed by atoms with E-state index in [9.17, 15) is 9.59 Å². The minimum atomic E-state index is -0.251. The average molecular weight is 347 g/mol. The van der Waals surface area contributed by atoms with Crippen LogP contribution >= 0.6 is 12.2 Å². The monoisotopic (exact) mass is 347 g/mol. The molecule has 1 amide bonds. The van der Waals surface area contributed by atoms with E-state index in [0.29, 0.717) is 23.0 Å². The van der Waals surface area contributed by atoms with Crippen LogP contribution in [0, 0.1) is 4.77 Å². The second-order valence-corrected chi connectivity index (χ2v) is 6.46. The molecule has 0 unspecified atom stereocenters. The number of ether oxygens (including phenoxy) is 1. The van der Waals surface area contributed by atoms with Crippen molar-refractivity contribution in [3.05, 3.63) is 38.9 Å². The molecule has 6 nitrogen and oxygen atoms in total. The fourth-order valence-corrected chi connectivity index (χ4v) is 3.23. The van der Waals surface area contributed by atoms with E-state index in [4.69, 9.17) is 17.0 Å². The standard InChI is InChI=1S/C17H21N3O3S/c1-2-8-23-12-4-3-7-20(10-12)16(22)11-5-6-13-14(9-11)18-17(24)19-15(13)21/h5-6,9,12H,2-4,7-8,10H2,1H3,(H2,18,19,21,24)/t12-/m1/s1. The summed E-state index contributed by atoms with van der Waals surface area (Å²) in [6, 6.07) is 5.04. The second-order valence-electron chi connectivity index (χ2n) is 6.05. The normalized spacial score (nSPS) is 18.0. The summed E-state index contributed by atoms with van der Waals surface area (Å²) in [7, 11) is 0. The molecule has 0 bridgehead atoms. The van der Waals surface area contributed by atoms with Crippen LogP contribution in [0.3, 0.4) is 0 Å². The van der Waals surface area contributed by atoms with Crippen LogP contribution in [0.4, 0.5) is 0 Å². The van der Waals surface area contributed by atoms with Crippen molar-refractivity contribution in [1.82, 2.24) is 14.9 Å². The highest BCUT2D eigenvalue weighted by molar-refractivity contribution is 7.71. The fourth-order valence-electron chi connectivity index (χ4n) is 3.03. The lowest BCUT2D eigenvalue weighted by molar-refractivity contribution is 0.00212. The zero-order chi connectivity index (χ0) is 17.1. The van der Waals surface area contributed by atoms with E-state index < -0.39 is 0 Å². The molecule has 7 heteroatoms. The number of nitrogens with one attached hydrogen (secondary N) is 2. The Labute approximate surface area is 144 Å². The molecule has 24 heavy (non-hydrogen) atoms. The van der Waals surface area contributed by atoms with Gasteiger partial charge in [-0.15, -0.1) is 0 Å². The minimum Gasteiger partial charge on any atom is -0.376 e. The van der Waals surface area contributed by atoms with E-state index in [1.165, 1.54) is 0 Å². The quantitative estimate of drug-likeness (QED) is 0.834. The van der Waals surface area contributed by atoms with E-state index in [-0.39, 0.29) is 22.3 Å². The van der Waals surface area contributed by atoms with Gasteiger partial charge in [-0.2, -0.15) is 0 Å². The summed E-state index contributed by atoms with van der Waals surface area (Å²) in [4.78, 5) is 31.9. The lowest BCUT2D eigenvalue weighted by Gasteiger charge is -2.32. The minimum absolute atomic E-state index is 0.0405. The molecule has 1 aromatic carbocycles. The third-order valence-electron chi connectivity index (χ3n) is 4.21. The molecular weight excluding hydrogens is 326 g/mol. The highest BCUT2D eigenvalue weighted by Gasteiger charge is 2.25. The Morgan fingerprint density at radius 3 is 3.04 bits per heavy atom. The second kappa shape index (κ2) is 7.27. The highest BCUT2D eigenvalue weighted by atomic mass is 32.1. The number of hydrogen-bond acceptors (Lipinski definition) is 4. The van der Waals surface area contributed by atoms with Crippen LogP contribution in [0.5, 0.6) is 0 Å². The molecule has 1 aromatic heterocycles. The van der Waals surface area contributed by atoms with Gasteiger partial charge in [0.1, 0.15) is 0 Å². The van der Waals surface area contributed by atoms with Crippen LogP contribution in [0.25, 0.3) is 10.9 Å². The largest absolute Gasteiger partial charge is 0.376 e. The molecular formula is C17H21N3O3S. The first kappa shape index (κ1) is 16.9. The summed E-state index contributed by atoms with van der Waals surface area (Å²) in [5.74, 6) is -0.0405. The maximum atomic E-state index is 12.8. The van der Waals surface area contributed by atoms with Gasteiger partial charge in [0, 0.05) is 25.3 Å². The number of carbonyl (C=O) groups excluding carboxylic acids is 1. The van der Waals surface area contributed by atoms with Crippen LogP contribution in [-0.2, 0) is 4.74 Å². The number of piperidine rings is 1. The Hall–Kier alpha value is -1.99. The van der Waals surface area contributed by atoms with E-state index in [2.05, 4.69) is 16.9 Å². The Morgan fingerprint density at radius 2 is 2.25 bits per heavy atom. The molecule has 128 valence electrons. The van der Waals surface area contributed by atoms with E-state index >= 15 is 0 Å². The van der Waals surface area contributed by atoms with Crippen LogP contribution in [-0.4, -0.2) is 46.6 Å². The first-order valence-electron chi connectivity index (χ1n) is 8.25. The molecule has 1 atom stereocenters. The molecule has 0 saturated carbocycles. The molecule has 1 fully saturated rings. The van der Waals surface area contributed by atoms with Crippen LogP contribution in [0.1, 0.15) is 36.5 Å². The van der Waals surface area contributed by atoms with Gasteiger partial charge in [-0.3, -0.25) is 14.6 Å². The number of aromatic nitrogens is 2. The summed E-state index contributed by atoms with van der Waals surface area (Å²) < 4.78 is 6.04. The SMILES string of the molecule is CCCO[C@@H]1CCCN(C(=O)c2ccc3c(=O)[nH]c(=S)[nH]c3c2)C1. The zero-order valence-corrected chi connectivity index (χ0v) is 14.4. The van der Waals surface area contributed by atoms with Gasteiger partial charge in [-0.05, 0) is 49.7 Å². The van der Waals surface area contributed by atoms with E-state index in [0.717, 1.165) is 32.4 Å². The van der Waals surface area contributed by atoms with Crippen LogP contribution in [0.2, 0.25) is 0 Å². The van der Waals surface area contributed by atoms with Crippen molar-refractivity contribution in [2.24, 2.45) is 0 Å². The summed E-state index contributed by atoms with van der Waals surface area (Å²) in [5.41, 5.74) is 0.874. The van der Waals surface area contributed by atoms with Gasteiger partial charge < -0.3 is 14.6 Å². The number of amides is 1. The van der Waals surface area contributed by atoms with Crippen molar-refractivity contribution < 1.29 is 9.53 Å². The number of carbonyl (C=O) groups is 1. The Balaban J connectivity index is 1.83. The first-order valence-corrected chi connectivity index (χ1v) is 8.66. The number of benzene rings is 1. The van der Waals surface area contributed by atoms with Crippen molar-refractivity contribution in [2.75, 3.05) is 19.7 Å². The third-order valence-corrected chi connectivity index (χ3v) is 4.41. The van der Waals surface area contributed by atoms with Crippen LogP contribution in [0.15, 0.2) is 23.0 Å². The molecule has 2 heterocycles. The van der Waals surface area contributed by atoms with Crippen molar-refractivity contribution >= 4 is 29.0 Å². The predicted molar refractivity (Wildman–Crippen MR) is 94.9 cm³/mol. The van der Waals surface area contributed by atoms with Crippen molar-refractivity contribution in [1.29, 1.82) is 0 Å². The average Bonchev–Trinajstić information content (AvgIpc) is 2.59. The molecule has 3 rings (SSSR count). The lowest BCUT2D eigenvalue weighted by atomic mass is 10.1. The number of H-pyrrole nitrogens is 2. The maximum absolute atomic E-state index is 12.8. The predicted octanol–water partition coefficient (Wildman–Crippen LogP) is 2.62. The molecule has 0 aliphatic carbocycles. The first-order chi connectivity index (χ1) is 11.6. The third kappa shape index (κ3) is 3.57. The molecule has 1 aliphatic rings. The Kier molecular flexibility index (Phi) is 5.11. The van der Waals surface area contributed by atoms with E-state index in [1.807, 2.05) is 4.90 Å². The Bertz CT molecular complexity index is 858. The van der Waals surface area contributed by atoms with E-state index in [1.54, 1.807) is 18.2 Å². The summed E-state index contributed by atoms with van der Waals surface area (Å²) in [5, 5.41) is 0.489. The molecule has 1 saturated heterocycles. The van der Waals surface area contributed by atoms with Gasteiger partial charge in [-0.25, -0.2) is 0 Å². The van der Waals surface area contributed by atoms with Crippen molar-refractivity contribution in [3.8, 4) is 0 Å². The Morgan fingerprint density at radius 1 is 1.42 bits per heavy atom. The van der Waals surface area contributed by atoms with Gasteiger partial charge >= 0.3 is 0 Å². The number of aromatic amines is 2. The number of hydrogen-bond donors (Lipinski definition) is 2. The molecule has 0 radical (unpaired) electrons. The number of fused-ring (bicyclic) bond motifs is 1. The maximum Gasteiger partial charge on any atom is 0.259 e. The fraction of sp³-hybridized carbons (Fsp3) is 0.471. The summed E-state index contributed by atoms with van der Waals surface area (Å²) >= 11 is 4.99. The van der Waals surface area contributed by atoms with Gasteiger partial charge in [0.05, 0.1) is 17.0 Å².